The van der Waals surface area contributed by atoms with Gasteiger partial charge in [-0.25, -0.2) is 0 Å². The van der Waals surface area contributed by atoms with E-state index in [1.807, 2.05) is 24.3 Å². The molecule has 0 aliphatic rings. The molecule has 0 bridgehead atoms. The predicted molar refractivity (Wildman–Crippen MR) is 61.4 cm³/mol. The Morgan fingerprint density at radius 2 is 2.20 bits per heavy atom. The average molecular weight is 226 g/mol. The second-order valence-electron chi connectivity index (χ2n) is 3.10. The smallest absolute Gasteiger partial charge is 0.316 e. The summed E-state index contributed by atoms with van der Waals surface area (Å²) in [6.45, 7) is 1.68. The fraction of sp³-hybridized carbons (Fsp3) is 0.364. The van der Waals surface area contributed by atoms with Crippen molar-refractivity contribution in [2.75, 3.05) is 7.11 Å². The van der Waals surface area contributed by atoms with Gasteiger partial charge in [0.25, 0.3) is 0 Å². The minimum atomic E-state index is -0.783. The third kappa shape index (κ3) is 3.47. The third-order valence-electron chi connectivity index (χ3n) is 2.03. The molecule has 1 rings (SSSR count). The predicted octanol–water partition coefficient (Wildman–Crippen LogP) is 2.40. The van der Waals surface area contributed by atoms with E-state index in [0.29, 0.717) is 5.75 Å². The van der Waals surface area contributed by atoms with E-state index in [9.17, 15) is 4.79 Å². The first kappa shape index (κ1) is 11.9. The van der Waals surface area contributed by atoms with Crippen molar-refractivity contribution in [2.24, 2.45) is 0 Å². The van der Waals surface area contributed by atoms with Crippen LogP contribution in [0.4, 0.5) is 0 Å². The van der Waals surface area contributed by atoms with Crippen LogP contribution in [0, 0.1) is 0 Å². The summed E-state index contributed by atoms with van der Waals surface area (Å²) in [7, 11) is 1.62. The molecule has 0 aliphatic heterocycles. The standard InChI is InChI=1S/C11H14O3S/c1-8(11(12)13)15-7-9-5-3-4-6-10(9)14-2/h3-6,8H,7H2,1-2H3,(H,12,13). The lowest BCUT2D eigenvalue weighted by Crippen LogP contribution is -2.11. The van der Waals surface area contributed by atoms with Crippen molar-refractivity contribution in [2.45, 2.75) is 17.9 Å². The van der Waals surface area contributed by atoms with Crippen LogP contribution < -0.4 is 4.74 Å². The summed E-state index contributed by atoms with van der Waals surface area (Å²) in [6, 6.07) is 7.64. The molecule has 0 saturated carbocycles. The van der Waals surface area contributed by atoms with Gasteiger partial charge >= 0.3 is 5.97 Å². The van der Waals surface area contributed by atoms with E-state index in [4.69, 9.17) is 9.84 Å². The van der Waals surface area contributed by atoms with Gasteiger partial charge in [0.05, 0.1) is 12.4 Å². The van der Waals surface area contributed by atoms with Gasteiger partial charge in [-0.15, -0.1) is 11.8 Å². The molecule has 0 aromatic heterocycles. The van der Waals surface area contributed by atoms with Crippen molar-refractivity contribution in [1.82, 2.24) is 0 Å². The van der Waals surface area contributed by atoms with Crippen LogP contribution in [-0.4, -0.2) is 23.4 Å². The molecule has 0 fully saturated rings. The zero-order valence-electron chi connectivity index (χ0n) is 8.77. The molecule has 0 heterocycles. The Morgan fingerprint density at radius 1 is 1.53 bits per heavy atom. The number of ether oxygens (including phenoxy) is 1. The summed E-state index contributed by atoms with van der Waals surface area (Å²) in [5, 5.41) is 8.34. The van der Waals surface area contributed by atoms with Crippen molar-refractivity contribution in [3.63, 3.8) is 0 Å². The number of carboxylic acids is 1. The van der Waals surface area contributed by atoms with E-state index in [1.165, 1.54) is 11.8 Å². The molecular formula is C11H14O3S. The minimum Gasteiger partial charge on any atom is -0.496 e. The van der Waals surface area contributed by atoms with Crippen LogP contribution in [0.2, 0.25) is 0 Å². The fourth-order valence-corrected chi connectivity index (χ4v) is 1.92. The van der Waals surface area contributed by atoms with Crippen molar-refractivity contribution in [3.8, 4) is 5.75 Å². The Labute approximate surface area is 93.4 Å². The Hall–Kier alpha value is -1.16. The molecular weight excluding hydrogens is 212 g/mol. The van der Waals surface area contributed by atoms with E-state index in [2.05, 4.69) is 0 Å². The molecule has 0 saturated heterocycles. The van der Waals surface area contributed by atoms with Gasteiger partial charge in [0.1, 0.15) is 5.75 Å². The Morgan fingerprint density at radius 3 is 2.80 bits per heavy atom. The van der Waals surface area contributed by atoms with Crippen LogP contribution >= 0.6 is 11.8 Å². The number of carboxylic acid groups (broad SMARTS) is 1. The van der Waals surface area contributed by atoms with Crippen molar-refractivity contribution in [3.05, 3.63) is 29.8 Å². The molecule has 1 unspecified atom stereocenters. The molecule has 82 valence electrons. The molecule has 4 heteroatoms. The number of hydrogen-bond acceptors (Lipinski definition) is 3. The van der Waals surface area contributed by atoms with Crippen LogP contribution in [0.5, 0.6) is 5.75 Å². The normalized spacial score (nSPS) is 12.1. The maximum absolute atomic E-state index is 10.6. The molecule has 1 aromatic carbocycles. The van der Waals surface area contributed by atoms with E-state index in [1.54, 1.807) is 14.0 Å². The van der Waals surface area contributed by atoms with Gasteiger partial charge < -0.3 is 9.84 Å². The van der Waals surface area contributed by atoms with E-state index < -0.39 is 11.2 Å². The van der Waals surface area contributed by atoms with Gasteiger partial charge in [-0.2, -0.15) is 0 Å². The quantitative estimate of drug-likeness (QED) is 0.837. The lowest BCUT2D eigenvalue weighted by molar-refractivity contribution is -0.136. The molecule has 1 N–H and O–H groups in total. The van der Waals surface area contributed by atoms with Crippen molar-refractivity contribution >= 4 is 17.7 Å². The largest absolute Gasteiger partial charge is 0.496 e. The summed E-state index contributed by atoms with van der Waals surface area (Å²) in [5.74, 6) is 0.676. The topological polar surface area (TPSA) is 46.5 Å². The summed E-state index contributed by atoms with van der Waals surface area (Å²) in [6.07, 6.45) is 0. The highest BCUT2D eigenvalue weighted by atomic mass is 32.2. The second-order valence-corrected chi connectivity index (χ2v) is 4.43. The molecule has 0 spiro atoms. The first-order chi connectivity index (χ1) is 7.15. The van der Waals surface area contributed by atoms with Crippen molar-refractivity contribution in [1.29, 1.82) is 0 Å². The van der Waals surface area contributed by atoms with Crippen molar-refractivity contribution < 1.29 is 14.6 Å². The first-order valence-electron chi connectivity index (χ1n) is 4.61. The summed E-state index contributed by atoms with van der Waals surface area (Å²) < 4.78 is 5.18. The Balaban J connectivity index is 2.60. The number of para-hydroxylation sites is 1. The number of aliphatic carboxylic acids is 1. The second kappa shape index (κ2) is 5.66. The van der Waals surface area contributed by atoms with Crippen LogP contribution in [0.1, 0.15) is 12.5 Å². The van der Waals surface area contributed by atoms with E-state index in [-0.39, 0.29) is 0 Å². The van der Waals surface area contributed by atoms with Gasteiger partial charge in [-0.3, -0.25) is 4.79 Å². The third-order valence-corrected chi connectivity index (χ3v) is 3.21. The van der Waals surface area contributed by atoms with Crippen LogP contribution in [0.3, 0.4) is 0 Å². The van der Waals surface area contributed by atoms with Gasteiger partial charge in [0, 0.05) is 11.3 Å². The van der Waals surface area contributed by atoms with Gasteiger partial charge in [0.15, 0.2) is 0 Å². The van der Waals surface area contributed by atoms with Gasteiger partial charge in [0.2, 0.25) is 0 Å². The average Bonchev–Trinajstić information content (AvgIpc) is 2.26. The maximum Gasteiger partial charge on any atom is 0.316 e. The number of carbonyl (C=O) groups is 1. The summed E-state index contributed by atoms with van der Waals surface area (Å²) >= 11 is 1.39. The fourth-order valence-electron chi connectivity index (χ4n) is 1.11. The van der Waals surface area contributed by atoms with Gasteiger partial charge in [-0.05, 0) is 13.0 Å². The summed E-state index contributed by atoms with van der Waals surface area (Å²) in [5.41, 5.74) is 1.03. The number of hydrogen-bond donors (Lipinski definition) is 1. The SMILES string of the molecule is COc1ccccc1CSC(C)C(=O)O. The first-order valence-corrected chi connectivity index (χ1v) is 5.66. The Kier molecular flexibility index (Phi) is 4.49. The number of thioether (sulfide) groups is 1. The zero-order valence-corrected chi connectivity index (χ0v) is 9.58. The number of benzene rings is 1. The van der Waals surface area contributed by atoms with E-state index >= 15 is 0 Å². The minimum absolute atomic E-state index is 0.394. The molecule has 1 atom stereocenters. The zero-order chi connectivity index (χ0) is 11.3. The highest BCUT2D eigenvalue weighted by molar-refractivity contribution is 7.99. The molecule has 0 aliphatic carbocycles. The van der Waals surface area contributed by atoms with Gasteiger partial charge in [-0.1, -0.05) is 18.2 Å². The highest BCUT2D eigenvalue weighted by Crippen LogP contribution is 2.24. The van der Waals surface area contributed by atoms with E-state index in [0.717, 1.165) is 11.3 Å². The maximum atomic E-state index is 10.6. The Bertz CT molecular complexity index is 338. The number of rotatable bonds is 5. The highest BCUT2D eigenvalue weighted by Gasteiger charge is 2.12. The molecule has 1 aromatic rings. The molecule has 0 amide bonds. The lowest BCUT2D eigenvalue weighted by Gasteiger charge is -2.09. The number of methoxy groups -OCH3 is 1. The van der Waals surface area contributed by atoms with Crippen LogP contribution in [-0.2, 0) is 10.5 Å². The van der Waals surface area contributed by atoms with Crippen LogP contribution in [0.15, 0.2) is 24.3 Å². The van der Waals surface area contributed by atoms with Crippen LogP contribution in [0.25, 0.3) is 0 Å². The summed E-state index contributed by atoms with van der Waals surface area (Å²) in [4.78, 5) is 10.6. The molecule has 3 nitrogen and oxygen atoms in total. The molecule has 15 heavy (non-hydrogen) atoms. The molecule has 0 radical (unpaired) electrons. The monoisotopic (exact) mass is 226 g/mol. The lowest BCUT2D eigenvalue weighted by atomic mass is 10.2.